The molecule has 2 aromatic carbocycles. The minimum atomic E-state index is -0.495. The Labute approximate surface area is 152 Å². The maximum atomic E-state index is 13.1. The number of halogens is 2. The van der Waals surface area contributed by atoms with Crippen LogP contribution in [-0.4, -0.2) is 23.3 Å². The minimum absolute atomic E-state index is 0.0219. The standard InChI is InChI=1S/C16H14ClFN2O2S2/c17-11-7-10(5-6-12(11)18)23-9-16(22)20-13-3-1-2-4-14(13)24-8-15(19)21/h1-7H,8-9H2,(H2,19,21)(H,20,22). The third-order valence-electron chi connectivity index (χ3n) is 2.79. The first-order chi connectivity index (χ1) is 11.5. The van der Waals surface area contributed by atoms with Crippen LogP contribution in [0.4, 0.5) is 10.1 Å². The fourth-order valence-corrected chi connectivity index (χ4v) is 3.47. The molecule has 0 saturated heterocycles. The number of thioether (sulfide) groups is 2. The van der Waals surface area contributed by atoms with E-state index < -0.39 is 11.7 Å². The number of nitrogens with one attached hydrogen (secondary N) is 1. The summed E-state index contributed by atoms with van der Waals surface area (Å²) in [5.41, 5.74) is 5.76. The summed E-state index contributed by atoms with van der Waals surface area (Å²) in [6.45, 7) is 0. The number of anilines is 1. The monoisotopic (exact) mass is 384 g/mol. The SMILES string of the molecule is NC(=O)CSc1ccccc1NC(=O)CSc1ccc(F)c(Cl)c1. The van der Waals surface area contributed by atoms with E-state index >= 15 is 0 Å². The van der Waals surface area contributed by atoms with Crippen molar-refractivity contribution in [3.8, 4) is 0 Å². The molecule has 0 aliphatic rings. The number of amides is 2. The molecule has 0 aliphatic heterocycles. The first kappa shape index (κ1) is 18.6. The molecule has 0 aliphatic carbocycles. The summed E-state index contributed by atoms with van der Waals surface area (Å²) in [5, 5.41) is 2.81. The van der Waals surface area contributed by atoms with Crippen molar-refractivity contribution >= 4 is 52.6 Å². The van der Waals surface area contributed by atoms with Crippen molar-refractivity contribution in [1.29, 1.82) is 0 Å². The van der Waals surface area contributed by atoms with Gasteiger partial charge in [0.25, 0.3) is 0 Å². The zero-order valence-corrected chi connectivity index (χ0v) is 14.8. The molecule has 0 atom stereocenters. The molecule has 4 nitrogen and oxygen atoms in total. The Bertz CT molecular complexity index is 759. The van der Waals surface area contributed by atoms with Gasteiger partial charge in [0.15, 0.2) is 0 Å². The molecule has 0 spiro atoms. The summed E-state index contributed by atoms with van der Waals surface area (Å²) < 4.78 is 13.1. The van der Waals surface area contributed by atoms with Crippen molar-refractivity contribution in [3.63, 3.8) is 0 Å². The normalized spacial score (nSPS) is 10.4. The predicted molar refractivity (Wildman–Crippen MR) is 97.1 cm³/mol. The second-order valence-electron chi connectivity index (χ2n) is 4.66. The second kappa shape index (κ2) is 8.96. The van der Waals surface area contributed by atoms with Crippen molar-refractivity contribution in [3.05, 3.63) is 53.3 Å². The summed E-state index contributed by atoms with van der Waals surface area (Å²) in [4.78, 5) is 24.4. The summed E-state index contributed by atoms with van der Waals surface area (Å²) >= 11 is 8.22. The maximum Gasteiger partial charge on any atom is 0.234 e. The third-order valence-corrected chi connectivity index (χ3v) is 5.17. The minimum Gasteiger partial charge on any atom is -0.369 e. The van der Waals surface area contributed by atoms with Crippen LogP contribution in [0.25, 0.3) is 0 Å². The molecule has 2 aromatic rings. The fraction of sp³-hybridized carbons (Fsp3) is 0.125. The predicted octanol–water partition coefficient (Wildman–Crippen LogP) is 3.79. The first-order valence-electron chi connectivity index (χ1n) is 6.83. The molecular formula is C16H14ClFN2O2S2. The van der Waals surface area contributed by atoms with Gasteiger partial charge in [0, 0.05) is 9.79 Å². The van der Waals surface area contributed by atoms with E-state index in [4.69, 9.17) is 17.3 Å². The molecule has 8 heteroatoms. The highest BCUT2D eigenvalue weighted by Gasteiger charge is 2.09. The van der Waals surface area contributed by atoms with Crippen LogP contribution in [0.1, 0.15) is 0 Å². The molecule has 2 rings (SSSR count). The number of carbonyl (C=O) groups excluding carboxylic acids is 2. The third kappa shape index (κ3) is 5.74. The topological polar surface area (TPSA) is 72.2 Å². The van der Waals surface area contributed by atoms with E-state index in [-0.39, 0.29) is 22.4 Å². The molecule has 0 fully saturated rings. The van der Waals surface area contributed by atoms with Gasteiger partial charge in [-0.1, -0.05) is 23.7 Å². The summed E-state index contributed by atoms with van der Waals surface area (Å²) in [7, 11) is 0. The van der Waals surface area contributed by atoms with Gasteiger partial charge in [0.1, 0.15) is 5.82 Å². The summed E-state index contributed by atoms with van der Waals surface area (Å²) in [5.74, 6) is -0.852. The van der Waals surface area contributed by atoms with Gasteiger partial charge in [-0.2, -0.15) is 0 Å². The Morgan fingerprint density at radius 1 is 1.12 bits per heavy atom. The van der Waals surface area contributed by atoms with E-state index in [0.29, 0.717) is 10.6 Å². The average Bonchev–Trinajstić information content (AvgIpc) is 2.55. The maximum absolute atomic E-state index is 13.1. The van der Waals surface area contributed by atoms with E-state index in [1.807, 2.05) is 6.07 Å². The Morgan fingerprint density at radius 3 is 2.58 bits per heavy atom. The van der Waals surface area contributed by atoms with Crippen molar-refractivity contribution in [2.75, 3.05) is 16.8 Å². The van der Waals surface area contributed by atoms with Crippen molar-refractivity contribution in [2.24, 2.45) is 5.73 Å². The number of carbonyl (C=O) groups is 2. The molecule has 126 valence electrons. The van der Waals surface area contributed by atoms with E-state index in [0.717, 1.165) is 4.90 Å². The Kier molecular flexibility index (Phi) is 6.96. The largest absolute Gasteiger partial charge is 0.369 e. The van der Waals surface area contributed by atoms with E-state index in [9.17, 15) is 14.0 Å². The van der Waals surface area contributed by atoms with Gasteiger partial charge >= 0.3 is 0 Å². The lowest BCUT2D eigenvalue weighted by molar-refractivity contribution is -0.115. The molecule has 2 amide bonds. The Hall–Kier alpha value is -1.70. The molecule has 0 saturated carbocycles. The van der Waals surface area contributed by atoms with Crippen LogP contribution in [0.3, 0.4) is 0 Å². The number of hydrogen-bond acceptors (Lipinski definition) is 4. The molecule has 0 radical (unpaired) electrons. The molecule has 3 N–H and O–H groups in total. The molecular weight excluding hydrogens is 371 g/mol. The van der Waals surface area contributed by atoms with Gasteiger partial charge in [-0.15, -0.1) is 23.5 Å². The first-order valence-corrected chi connectivity index (χ1v) is 9.18. The molecule has 0 unspecified atom stereocenters. The highest BCUT2D eigenvalue weighted by atomic mass is 35.5. The smallest absolute Gasteiger partial charge is 0.234 e. The van der Waals surface area contributed by atoms with Crippen LogP contribution in [0.5, 0.6) is 0 Å². The van der Waals surface area contributed by atoms with E-state index in [1.54, 1.807) is 24.3 Å². The highest BCUT2D eigenvalue weighted by molar-refractivity contribution is 8.00. The van der Waals surface area contributed by atoms with Crippen molar-refractivity contribution in [1.82, 2.24) is 0 Å². The van der Waals surface area contributed by atoms with Gasteiger partial charge in [-0.05, 0) is 30.3 Å². The lowest BCUT2D eigenvalue weighted by atomic mass is 10.3. The number of primary amides is 1. The quantitative estimate of drug-likeness (QED) is 0.712. The number of hydrogen-bond donors (Lipinski definition) is 2. The van der Waals surface area contributed by atoms with Gasteiger partial charge in [-0.25, -0.2) is 4.39 Å². The van der Waals surface area contributed by atoms with Gasteiger partial charge in [0.2, 0.25) is 11.8 Å². The van der Waals surface area contributed by atoms with Gasteiger partial charge in [0.05, 0.1) is 22.2 Å². The van der Waals surface area contributed by atoms with Gasteiger partial charge < -0.3 is 11.1 Å². The van der Waals surface area contributed by atoms with Crippen LogP contribution in [0.15, 0.2) is 52.3 Å². The van der Waals surface area contributed by atoms with Crippen LogP contribution >= 0.6 is 35.1 Å². The van der Waals surface area contributed by atoms with Gasteiger partial charge in [-0.3, -0.25) is 9.59 Å². The van der Waals surface area contributed by atoms with Crippen LogP contribution in [-0.2, 0) is 9.59 Å². The second-order valence-corrected chi connectivity index (χ2v) is 7.14. The van der Waals surface area contributed by atoms with Crippen molar-refractivity contribution < 1.29 is 14.0 Å². The van der Waals surface area contributed by atoms with Crippen molar-refractivity contribution in [2.45, 2.75) is 9.79 Å². The summed E-state index contributed by atoms with van der Waals surface area (Å²) in [6.07, 6.45) is 0. The molecule has 24 heavy (non-hydrogen) atoms. The molecule has 0 bridgehead atoms. The number of para-hydroxylation sites is 1. The lowest BCUT2D eigenvalue weighted by Crippen LogP contribution is -2.15. The Morgan fingerprint density at radius 2 is 1.88 bits per heavy atom. The zero-order valence-electron chi connectivity index (χ0n) is 12.4. The summed E-state index contributed by atoms with van der Waals surface area (Å²) in [6, 6.07) is 11.5. The van der Waals surface area contributed by atoms with E-state index in [1.165, 1.54) is 35.7 Å². The average molecular weight is 385 g/mol. The number of nitrogens with two attached hydrogens (primary N) is 1. The van der Waals surface area contributed by atoms with Crippen LogP contribution in [0.2, 0.25) is 5.02 Å². The van der Waals surface area contributed by atoms with E-state index in [2.05, 4.69) is 5.32 Å². The fourth-order valence-electron chi connectivity index (χ4n) is 1.75. The number of rotatable bonds is 7. The molecule has 0 heterocycles. The number of benzene rings is 2. The lowest BCUT2D eigenvalue weighted by Gasteiger charge is -2.10. The zero-order chi connectivity index (χ0) is 17.5. The molecule has 0 aromatic heterocycles. The highest BCUT2D eigenvalue weighted by Crippen LogP contribution is 2.28. The van der Waals surface area contributed by atoms with Crippen LogP contribution in [0, 0.1) is 5.82 Å². The van der Waals surface area contributed by atoms with Crippen LogP contribution < -0.4 is 11.1 Å². The Balaban J connectivity index is 1.94.